The Morgan fingerprint density at radius 3 is 2.65 bits per heavy atom. The van der Waals surface area contributed by atoms with Crippen LogP contribution in [0.1, 0.15) is 23.7 Å². The second-order valence-electron chi connectivity index (χ2n) is 9.09. The third kappa shape index (κ3) is 5.15. The molecule has 1 amide bonds. The fourth-order valence-corrected chi connectivity index (χ4v) is 6.51. The lowest BCUT2D eigenvalue weighted by Gasteiger charge is -2.23. The van der Waals surface area contributed by atoms with Crippen molar-refractivity contribution < 1.29 is 31.1 Å². The zero-order valence-corrected chi connectivity index (χ0v) is 20.3. The lowest BCUT2D eigenvalue weighted by Crippen LogP contribution is -2.46. The highest BCUT2D eigenvalue weighted by atomic mass is 32.2. The van der Waals surface area contributed by atoms with Crippen LogP contribution in [-0.2, 0) is 9.84 Å². The number of nitrogens with zero attached hydrogens (tertiary/aromatic N) is 3. The van der Waals surface area contributed by atoms with Crippen molar-refractivity contribution in [3.05, 3.63) is 72.2 Å². The molecule has 37 heavy (non-hydrogen) atoms. The number of fused-ring (bicyclic) bond motifs is 1. The Bertz CT molecular complexity index is 1610. The number of hydrogen-bond donors (Lipinski definition) is 1. The van der Waals surface area contributed by atoms with Gasteiger partial charge in [0, 0.05) is 16.5 Å². The van der Waals surface area contributed by atoms with Crippen LogP contribution < -0.4 is 10.1 Å². The summed E-state index contributed by atoms with van der Waals surface area (Å²) in [6.45, 7) is -1.31. The summed E-state index contributed by atoms with van der Waals surface area (Å²) in [4.78, 5) is 17.2. The van der Waals surface area contributed by atoms with E-state index in [-0.39, 0.29) is 28.6 Å². The van der Waals surface area contributed by atoms with Gasteiger partial charge in [0.25, 0.3) is 5.91 Å². The number of sulfone groups is 1. The van der Waals surface area contributed by atoms with E-state index in [2.05, 4.69) is 20.1 Å². The summed E-state index contributed by atoms with van der Waals surface area (Å²) in [6.07, 6.45) is 1.33. The summed E-state index contributed by atoms with van der Waals surface area (Å²) in [5, 5.41) is 7.99. The maximum atomic E-state index is 13.5. The van der Waals surface area contributed by atoms with E-state index >= 15 is 0 Å². The fraction of sp³-hybridized carbons (Fsp3) is 0.240. The maximum Gasteiger partial charge on any atom is 0.387 e. The molecule has 5 rings (SSSR count). The SMILES string of the molecule is CC1(NC(=O)c2ccc3c(-c4cccc(OC(F)F)c4)nn(-c4ccc(F)cn4)c3c2)CCS(=O)(=O)C1. The number of ether oxygens (including phenoxy) is 1. The van der Waals surface area contributed by atoms with Gasteiger partial charge in [0.2, 0.25) is 0 Å². The minimum absolute atomic E-state index is 0.00349. The van der Waals surface area contributed by atoms with Gasteiger partial charge in [-0.3, -0.25) is 4.79 Å². The zero-order chi connectivity index (χ0) is 26.4. The molecule has 1 unspecified atom stereocenters. The van der Waals surface area contributed by atoms with E-state index in [1.807, 2.05) is 0 Å². The summed E-state index contributed by atoms with van der Waals surface area (Å²) in [7, 11) is -3.23. The molecule has 1 N–H and O–H groups in total. The van der Waals surface area contributed by atoms with Gasteiger partial charge in [0.05, 0.1) is 28.8 Å². The Morgan fingerprint density at radius 2 is 1.97 bits per heavy atom. The van der Waals surface area contributed by atoms with Crippen molar-refractivity contribution in [1.82, 2.24) is 20.1 Å². The predicted octanol–water partition coefficient (Wildman–Crippen LogP) is 4.14. The van der Waals surface area contributed by atoms with Crippen molar-refractivity contribution >= 4 is 26.6 Å². The number of hydrogen-bond acceptors (Lipinski definition) is 6. The first kappa shape index (κ1) is 24.8. The van der Waals surface area contributed by atoms with Crippen LogP contribution in [0.5, 0.6) is 5.75 Å². The molecule has 12 heteroatoms. The second kappa shape index (κ2) is 9.18. The number of nitrogens with one attached hydrogen (secondary N) is 1. The Kier molecular flexibility index (Phi) is 6.14. The van der Waals surface area contributed by atoms with Crippen LogP contribution in [0.2, 0.25) is 0 Å². The van der Waals surface area contributed by atoms with Crippen LogP contribution in [-0.4, -0.2) is 52.7 Å². The highest BCUT2D eigenvalue weighted by Gasteiger charge is 2.39. The molecule has 1 atom stereocenters. The molecule has 8 nitrogen and oxygen atoms in total. The van der Waals surface area contributed by atoms with E-state index in [4.69, 9.17) is 0 Å². The highest BCUT2D eigenvalue weighted by Crippen LogP contribution is 2.33. The molecule has 192 valence electrons. The Labute approximate surface area is 210 Å². The quantitative estimate of drug-likeness (QED) is 0.402. The van der Waals surface area contributed by atoms with Crippen molar-refractivity contribution in [2.45, 2.75) is 25.5 Å². The molecule has 0 aliphatic carbocycles. The molecule has 1 aliphatic rings. The number of carbonyl (C=O) groups is 1. The van der Waals surface area contributed by atoms with Crippen LogP contribution in [0.3, 0.4) is 0 Å². The molecule has 1 fully saturated rings. The van der Waals surface area contributed by atoms with Gasteiger partial charge in [-0.1, -0.05) is 12.1 Å². The van der Waals surface area contributed by atoms with E-state index in [1.54, 1.807) is 37.3 Å². The largest absolute Gasteiger partial charge is 0.435 e. The van der Waals surface area contributed by atoms with Gasteiger partial charge < -0.3 is 10.1 Å². The number of halogens is 3. The summed E-state index contributed by atoms with van der Waals surface area (Å²) in [5.74, 6) is -0.932. The highest BCUT2D eigenvalue weighted by molar-refractivity contribution is 7.91. The van der Waals surface area contributed by atoms with Crippen LogP contribution in [0.15, 0.2) is 60.8 Å². The van der Waals surface area contributed by atoms with Crippen LogP contribution in [0.4, 0.5) is 13.2 Å². The van der Waals surface area contributed by atoms with Crippen LogP contribution in [0, 0.1) is 5.82 Å². The average molecular weight is 531 g/mol. The molecule has 1 aliphatic heterocycles. The summed E-state index contributed by atoms with van der Waals surface area (Å²) < 4.78 is 68.8. The van der Waals surface area contributed by atoms with E-state index in [0.717, 1.165) is 6.20 Å². The number of aromatic nitrogens is 3. The van der Waals surface area contributed by atoms with Gasteiger partial charge in [-0.25, -0.2) is 22.5 Å². The number of carbonyl (C=O) groups excluding carboxylic acids is 1. The topological polar surface area (TPSA) is 103 Å². The molecule has 2 aromatic carbocycles. The zero-order valence-electron chi connectivity index (χ0n) is 19.5. The van der Waals surface area contributed by atoms with Crippen molar-refractivity contribution in [2.24, 2.45) is 0 Å². The van der Waals surface area contributed by atoms with E-state index in [9.17, 15) is 26.4 Å². The van der Waals surface area contributed by atoms with Gasteiger partial charge in [0.1, 0.15) is 17.3 Å². The first-order valence-electron chi connectivity index (χ1n) is 11.2. The average Bonchev–Trinajstić information content (AvgIpc) is 3.35. The second-order valence-corrected chi connectivity index (χ2v) is 11.3. The summed E-state index contributed by atoms with van der Waals surface area (Å²) in [5.41, 5.74) is 0.695. The number of alkyl halides is 2. The van der Waals surface area contributed by atoms with Crippen LogP contribution >= 0.6 is 0 Å². The fourth-order valence-electron chi connectivity index (χ4n) is 4.41. The minimum atomic E-state index is -3.23. The van der Waals surface area contributed by atoms with Crippen molar-refractivity contribution in [3.8, 4) is 22.8 Å². The first-order chi connectivity index (χ1) is 17.5. The summed E-state index contributed by atoms with van der Waals surface area (Å²) >= 11 is 0. The molecule has 2 aromatic heterocycles. The van der Waals surface area contributed by atoms with Crippen molar-refractivity contribution in [3.63, 3.8) is 0 Å². The molecule has 3 heterocycles. The van der Waals surface area contributed by atoms with Crippen molar-refractivity contribution in [2.75, 3.05) is 11.5 Å². The number of rotatable bonds is 6. The van der Waals surface area contributed by atoms with Gasteiger partial charge in [-0.05, 0) is 55.8 Å². The predicted molar refractivity (Wildman–Crippen MR) is 130 cm³/mol. The minimum Gasteiger partial charge on any atom is -0.435 e. The monoisotopic (exact) mass is 530 g/mol. The normalized spacial score (nSPS) is 18.8. The Balaban J connectivity index is 1.59. The van der Waals surface area contributed by atoms with Crippen molar-refractivity contribution in [1.29, 1.82) is 0 Å². The smallest absolute Gasteiger partial charge is 0.387 e. The van der Waals surface area contributed by atoms with Gasteiger partial charge >= 0.3 is 6.61 Å². The third-order valence-electron chi connectivity index (χ3n) is 6.12. The molecule has 0 spiro atoms. The standard InChI is InChI=1S/C25H21F3N4O4S/c1-25(9-10-37(34,35)14-25)30-23(33)16-5-7-19-20(12-16)32(21-8-6-17(26)13-29-21)31-22(19)15-3-2-4-18(11-15)36-24(27)28/h2-8,11-13,24H,9-10,14H2,1H3,(H,30,33). The summed E-state index contributed by atoms with van der Waals surface area (Å²) in [6, 6.07) is 13.4. The first-order valence-corrected chi connectivity index (χ1v) is 13.1. The van der Waals surface area contributed by atoms with Gasteiger partial charge in [-0.15, -0.1) is 0 Å². The molecule has 4 aromatic rings. The molecule has 0 bridgehead atoms. The molecule has 1 saturated heterocycles. The van der Waals surface area contributed by atoms with E-state index in [0.29, 0.717) is 28.6 Å². The van der Waals surface area contributed by atoms with Gasteiger partial charge in [-0.2, -0.15) is 13.9 Å². The lowest BCUT2D eigenvalue weighted by atomic mass is 10.0. The maximum absolute atomic E-state index is 13.5. The number of pyridine rings is 1. The molecule has 0 radical (unpaired) electrons. The molecular formula is C25H21F3N4O4S. The molecule has 0 saturated carbocycles. The number of amides is 1. The number of benzene rings is 2. The van der Waals surface area contributed by atoms with Crippen LogP contribution in [0.25, 0.3) is 28.0 Å². The lowest BCUT2D eigenvalue weighted by molar-refractivity contribution is -0.0498. The van der Waals surface area contributed by atoms with E-state index in [1.165, 1.54) is 28.9 Å². The van der Waals surface area contributed by atoms with Gasteiger partial charge in [0.15, 0.2) is 15.7 Å². The molecular weight excluding hydrogens is 509 g/mol. The Morgan fingerprint density at radius 1 is 1.16 bits per heavy atom. The van der Waals surface area contributed by atoms with E-state index < -0.39 is 33.7 Å². The third-order valence-corrected chi connectivity index (χ3v) is 8.03. The Hall–Kier alpha value is -3.93.